The van der Waals surface area contributed by atoms with Crippen molar-refractivity contribution in [1.82, 2.24) is 10.2 Å². The molecule has 0 aliphatic carbocycles. The van der Waals surface area contributed by atoms with Gasteiger partial charge in [0.2, 0.25) is 0 Å². The second-order valence-corrected chi connectivity index (χ2v) is 8.03. The Morgan fingerprint density at radius 1 is 1.03 bits per heavy atom. The summed E-state index contributed by atoms with van der Waals surface area (Å²) in [5.41, 5.74) is -3.67. The molecule has 1 heterocycles. The van der Waals surface area contributed by atoms with E-state index >= 15 is 0 Å². The lowest BCUT2D eigenvalue weighted by molar-refractivity contribution is -0.143. The summed E-state index contributed by atoms with van der Waals surface area (Å²) in [5.74, 6) is -0.617. The SMILES string of the molecule is COC(=O)CN1CCC(COCc2cc(C(F)(F)F)cc(C(F)(F)F)c2)(c2ccccc2)NC1=O. The molecule has 0 saturated carbocycles. The van der Waals surface area contributed by atoms with E-state index in [0.29, 0.717) is 17.7 Å². The van der Waals surface area contributed by atoms with Gasteiger partial charge in [-0.05, 0) is 35.7 Å². The van der Waals surface area contributed by atoms with Gasteiger partial charge in [-0.25, -0.2) is 4.79 Å². The van der Waals surface area contributed by atoms with Crippen molar-refractivity contribution >= 4 is 12.0 Å². The first-order chi connectivity index (χ1) is 16.3. The van der Waals surface area contributed by atoms with Crippen molar-refractivity contribution in [3.8, 4) is 0 Å². The highest BCUT2D eigenvalue weighted by Gasteiger charge is 2.41. The molecule has 1 saturated heterocycles. The minimum atomic E-state index is -4.97. The molecule has 1 aliphatic rings. The van der Waals surface area contributed by atoms with Crippen LogP contribution in [-0.4, -0.2) is 43.7 Å². The van der Waals surface area contributed by atoms with E-state index in [1.165, 1.54) is 12.0 Å². The van der Waals surface area contributed by atoms with Gasteiger partial charge < -0.3 is 19.7 Å². The fourth-order valence-corrected chi connectivity index (χ4v) is 3.76. The molecule has 1 aliphatic heterocycles. The highest BCUT2D eigenvalue weighted by molar-refractivity contribution is 5.82. The third-order valence-electron chi connectivity index (χ3n) is 5.58. The number of hydrogen-bond acceptors (Lipinski definition) is 4. The Hall–Kier alpha value is -3.28. The quantitative estimate of drug-likeness (QED) is 0.438. The molecule has 2 amide bonds. The standard InChI is InChI=1S/C23H22F6N2O4/c1-34-19(32)12-31-8-7-21(30-20(31)33,16-5-3-2-4-6-16)14-35-13-15-9-17(22(24,25)26)11-18(10-15)23(27,28)29/h2-6,9-11H,7-8,12-14H2,1H3,(H,30,33). The Labute approximate surface area is 196 Å². The Bertz CT molecular complexity index is 1030. The molecule has 0 spiro atoms. The number of hydrogen-bond donors (Lipinski definition) is 1. The molecule has 1 N–H and O–H groups in total. The van der Waals surface area contributed by atoms with E-state index in [2.05, 4.69) is 10.1 Å². The second-order valence-electron chi connectivity index (χ2n) is 8.03. The van der Waals surface area contributed by atoms with E-state index in [0.717, 1.165) is 0 Å². The topological polar surface area (TPSA) is 67.9 Å². The number of benzene rings is 2. The molecule has 0 radical (unpaired) electrons. The number of ether oxygens (including phenoxy) is 2. The number of carbonyl (C=O) groups excluding carboxylic acids is 2. The maximum atomic E-state index is 13.1. The van der Waals surface area contributed by atoms with Crippen molar-refractivity contribution in [3.05, 3.63) is 70.8 Å². The largest absolute Gasteiger partial charge is 0.468 e. The molecule has 12 heteroatoms. The highest BCUT2D eigenvalue weighted by Crippen LogP contribution is 2.37. The van der Waals surface area contributed by atoms with Gasteiger partial charge in [0.1, 0.15) is 6.54 Å². The number of nitrogens with one attached hydrogen (secondary N) is 1. The average molecular weight is 504 g/mol. The monoisotopic (exact) mass is 504 g/mol. The van der Waals surface area contributed by atoms with Gasteiger partial charge in [-0.15, -0.1) is 0 Å². The fourth-order valence-electron chi connectivity index (χ4n) is 3.76. The predicted octanol–water partition coefficient (Wildman–Crippen LogP) is 4.72. The summed E-state index contributed by atoms with van der Waals surface area (Å²) in [6, 6.07) is 9.26. The number of halogens is 6. The van der Waals surface area contributed by atoms with Crippen LogP contribution in [0.3, 0.4) is 0 Å². The summed E-state index contributed by atoms with van der Waals surface area (Å²) in [7, 11) is 1.18. The van der Waals surface area contributed by atoms with E-state index < -0.39 is 47.6 Å². The molecule has 1 unspecified atom stereocenters. The van der Waals surface area contributed by atoms with Crippen molar-refractivity contribution in [1.29, 1.82) is 0 Å². The van der Waals surface area contributed by atoms with E-state index in [1.54, 1.807) is 30.3 Å². The van der Waals surface area contributed by atoms with Crippen LogP contribution in [0.5, 0.6) is 0 Å². The average Bonchev–Trinajstić information content (AvgIpc) is 2.80. The number of rotatable bonds is 7. The highest BCUT2D eigenvalue weighted by atomic mass is 19.4. The number of methoxy groups -OCH3 is 1. The molecule has 0 aromatic heterocycles. The zero-order valence-corrected chi connectivity index (χ0v) is 18.5. The molecule has 35 heavy (non-hydrogen) atoms. The lowest BCUT2D eigenvalue weighted by atomic mass is 9.85. The molecule has 3 rings (SSSR count). The number of carbonyl (C=O) groups is 2. The summed E-state index contributed by atoms with van der Waals surface area (Å²) >= 11 is 0. The zero-order valence-electron chi connectivity index (χ0n) is 18.5. The molecule has 2 aromatic carbocycles. The summed E-state index contributed by atoms with van der Waals surface area (Å²) in [6.07, 6.45) is -9.68. The lowest BCUT2D eigenvalue weighted by Crippen LogP contribution is -2.60. The van der Waals surface area contributed by atoms with Gasteiger partial charge in [0.25, 0.3) is 0 Å². The van der Waals surface area contributed by atoms with Crippen LogP contribution in [0.15, 0.2) is 48.5 Å². The minimum Gasteiger partial charge on any atom is -0.468 e. The van der Waals surface area contributed by atoms with Crippen molar-refractivity contribution in [3.63, 3.8) is 0 Å². The first-order valence-corrected chi connectivity index (χ1v) is 10.4. The number of nitrogens with zero attached hydrogens (tertiary/aromatic N) is 1. The Morgan fingerprint density at radius 2 is 1.63 bits per heavy atom. The third kappa shape index (κ3) is 6.44. The van der Waals surface area contributed by atoms with Crippen LogP contribution in [0.4, 0.5) is 31.1 Å². The zero-order chi connectivity index (χ0) is 25.9. The first kappa shape index (κ1) is 26.3. The van der Waals surface area contributed by atoms with Gasteiger partial charge in [0.05, 0.1) is 37.0 Å². The van der Waals surface area contributed by atoms with Crippen LogP contribution < -0.4 is 5.32 Å². The smallest absolute Gasteiger partial charge is 0.416 e. The van der Waals surface area contributed by atoms with E-state index in [9.17, 15) is 35.9 Å². The fraction of sp³-hybridized carbons (Fsp3) is 0.391. The third-order valence-corrected chi connectivity index (χ3v) is 5.58. The molecule has 6 nitrogen and oxygen atoms in total. The normalized spacial score (nSPS) is 18.8. The molecule has 190 valence electrons. The minimum absolute atomic E-state index is 0.0478. The predicted molar refractivity (Wildman–Crippen MR) is 111 cm³/mol. The number of alkyl halides is 6. The van der Waals surface area contributed by atoms with Crippen LogP contribution in [0.25, 0.3) is 0 Å². The van der Waals surface area contributed by atoms with Gasteiger partial charge in [-0.2, -0.15) is 26.3 Å². The van der Waals surface area contributed by atoms with E-state index in [1.807, 2.05) is 0 Å². The molecular weight excluding hydrogens is 482 g/mol. The maximum Gasteiger partial charge on any atom is 0.416 e. The van der Waals surface area contributed by atoms with Gasteiger partial charge in [-0.1, -0.05) is 30.3 Å². The number of esters is 1. The van der Waals surface area contributed by atoms with Gasteiger partial charge in [-0.3, -0.25) is 4.79 Å². The van der Waals surface area contributed by atoms with Gasteiger partial charge in [0.15, 0.2) is 0 Å². The summed E-state index contributed by atoms with van der Waals surface area (Å²) < 4.78 is 89.0. The Morgan fingerprint density at radius 3 is 2.14 bits per heavy atom. The van der Waals surface area contributed by atoms with Crippen LogP contribution in [-0.2, 0) is 38.8 Å². The molecular formula is C23H22F6N2O4. The lowest BCUT2D eigenvalue weighted by Gasteiger charge is -2.42. The molecule has 1 atom stereocenters. The molecule has 2 aromatic rings. The van der Waals surface area contributed by atoms with Crippen LogP contribution in [0.2, 0.25) is 0 Å². The number of amides is 2. The number of urea groups is 1. The summed E-state index contributed by atoms with van der Waals surface area (Å²) in [6.45, 7) is -0.921. The summed E-state index contributed by atoms with van der Waals surface area (Å²) in [5, 5.41) is 2.78. The molecule has 1 fully saturated rings. The van der Waals surface area contributed by atoms with E-state index in [-0.39, 0.29) is 37.7 Å². The molecule has 0 bridgehead atoms. The van der Waals surface area contributed by atoms with Crippen molar-refractivity contribution < 1.29 is 45.4 Å². The van der Waals surface area contributed by atoms with Crippen LogP contribution in [0, 0.1) is 0 Å². The first-order valence-electron chi connectivity index (χ1n) is 10.4. The Kier molecular flexibility index (Phi) is 7.63. The maximum absolute atomic E-state index is 13.1. The van der Waals surface area contributed by atoms with E-state index in [4.69, 9.17) is 4.74 Å². The van der Waals surface area contributed by atoms with Crippen LogP contribution >= 0.6 is 0 Å². The summed E-state index contributed by atoms with van der Waals surface area (Å²) in [4.78, 5) is 25.5. The van der Waals surface area contributed by atoms with Gasteiger partial charge >= 0.3 is 24.4 Å². The Balaban J connectivity index is 1.81. The second kappa shape index (κ2) is 10.1. The van der Waals surface area contributed by atoms with Crippen molar-refractivity contribution in [2.45, 2.75) is 30.9 Å². The van der Waals surface area contributed by atoms with Crippen molar-refractivity contribution in [2.75, 3.05) is 26.8 Å². The van der Waals surface area contributed by atoms with Crippen molar-refractivity contribution in [2.24, 2.45) is 0 Å². The van der Waals surface area contributed by atoms with Gasteiger partial charge in [0, 0.05) is 6.54 Å². The van der Waals surface area contributed by atoms with Crippen LogP contribution in [0.1, 0.15) is 28.7 Å².